The zero-order valence-electron chi connectivity index (χ0n) is 12.4. The van der Waals surface area contributed by atoms with Crippen molar-refractivity contribution >= 4 is 0 Å². The third kappa shape index (κ3) is 4.10. The number of hydrogen-bond acceptors (Lipinski definition) is 3. The molecule has 0 fully saturated rings. The first-order valence-electron chi connectivity index (χ1n) is 7.11. The summed E-state index contributed by atoms with van der Waals surface area (Å²) in [6.07, 6.45) is 1.08. The van der Waals surface area contributed by atoms with Crippen LogP contribution in [0.15, 0.2) is 30.3 Å². The van der Waals surface area contributed by atoms with Gasteiger partial charge in [-0.25, -0.2) is 0 Å². The van der Waals surface area contributed by atoms with Crippen molar-refractivity contribution in [2.24, 2.45) is 5.92 Å². The molecular weight excluding hydrogens is 250 g/mol. The van der Waals surface area contributed by atoms with E-state index in [2.05, 4.69) is 35.4 Å². The average Bonchev–Trinajstić information content (AvgIpc) is 2.88. The smallest absolute Gasteiger partial charge is 0.119 e. The molecule has 20 heavy (non-hydrogen) atoms. The summed E-state index contributed by atoms with van der Waals surface area (Å²) in [6.45, 7) is 5.97. The van der Waals surface area contributed by atoms with E-state index in [1.807, 2.05) is 31.3 Å². The summed E-state index contributed by atoms with van der Waals surface area (Å²) in [6, 6.07) is 10.2. The van der Waals surface area contributed by atoms with Gasteiger partial charge in [0.15, 0.2) is 0 Å². The van der Waals surface area contributed by atoms with Crippen LogP contribution in [0.4, 0.5) is 0 Å². The summed E-state index contributed by atoms with van der Waals surface area (Å²) in [4.78, 5) is 0. The Morgan fingerprint density at radius 3 is 2.65 bits per heavy atom. The van der Waals surface area contributed by atoms with Crippen molar-refractivity contribution in [1.82, 2.24) is 15.5 Å². The van der Waals surface area contributed by atoms with Crippen molar-refractivity contribution in [1.29, 1.82) is 0 Å². The van der Waals surface area contributed by atoms with Crippen LogP contribution in [0.5, 0.6) is 5.75 Å². The first-order valence-corrected chi connectivity index (χ1v) is 7.11. The third-order valence-electron chi connectivity index (χ3n) is 3.11. The van der Waals surface area contributed by atoms with Crippen LogP contribution < -0.4 is 10.1 Å². The molecule has 0 saturated carbocycles. The van der Waals surface area contributed by atoms with E-state index in [1.165, 1.54) is 0 Å². The summed E-state index contributed by atoms with van der Waals surface area (Å²) < 4.78 is 5.71. The monoisotopic (exact) mass is 273 g/mol. The van der Waals surface area contributed by atoms with E-state index in [4.69, 9.17) is 4.74 Å². The van der Waals surface area contributed by atoms with E-state index >= 15 is 0 Å². The molecular formula is C16H23N3O. The number of ether oxygens (including phenoxy) is 1. The van der Waals surface area contributed by atoms with Gasteiger partial charge in [0.05, 0.1) is 12.3 Å². The summed E-state index contributed by atoms with van der Waals surface area (Å²) in [5, 5.41) is 10.4. The Balaban J connectivity index is 1.96. The second-order valence-electron chi connectivity index (χ2n) is 5.36. The lowest BCUT2D eigenvalue weighted by molar-refractivity contribution is 0.289. The Bertz CT molecular complexity index is 517. The van der Waals surface area contributed by atoms with Crippen molar-refractivity contribution in [3.63, 3.8) is 0 Å². The fraction of sp³-hybridized carbons (Fsp3) is 0.438. The molecule has 0 saturated heterocycles. The summed E-state index contributed by atoms with van der Waals surface area (Å²) in [5.41, 5.74) is 3.14. The molecule has 0 bridgehead atoms. The average molecular weight is 273 g/mol. The zero-order chi connectivity index (χ0) is 14.4. The van der Waals surface area contributed by atoms with E-state index in [0.717, 1.165) is 42.3 Å². The van der Waals surface area contributed by atoms with Crippen LogP contribution in [0.2, 0.25) is 0 Å². The van der Waals surface area contributed by atoms with E-state index in [0.29, 0.717) is 5.92 Å². The lowest BCUT2D eigenvalue weighted by Crippen LogP contribution is -2.04. The molecule has 0 amide bonds. The molecule has 4 heteroatoms. The number of H-pyrrole nitrogens is 1. The van der Waals surface area contributed by atoms with Crippen LogP contribution in [0.1, 0.15) is 26.0 Å². The SMILES string of the molecule is CNCc1cc(-c2ccc(OCCC(C)C)cc2)n[nH]1. The van der Waals surface area contributed by atoms with Gasteiger partial charge in [-0.2, -0.15) is 5.10 Å². The molecule has 2 N–H and O–H groups in total. The number of aromatic nitrogens is 2. The molecule has 2 rings (SSSR count). The number of nitrogens with zero attached hydrogens (tertiary/aromatic N) is 1. The minimum Gasteiger partial charge on any atom is -0.494 e. The Kier molecular flexibility index (Phi) is 5.18. The van der Waals surface area contributed by atoms with Crippen molar-refractivity contribution < 1.29 is 4.74 Å². The Morgan fingerprint density at radius 2 is 2.00 bits per heavy atom. The molecule has 0 unspecified atom stereocenters. The Morgan fingerprint density at radius 1 is 1.25 bits per heavy atom. The first kappa shape index (κ1) is 14.6. The van der Waals surface area contributed by atoms with Gasteiger partial charge >= 0.3 is 0 Å². The topological polar surface area (TPSA) is 49.9 Å². The van der Waals surface area contributed by atoms with Crippen LogP contribution in [0, 0.1) is 5.92 Å². The van der Waals surface area contributed by atoms with Gasteiger partial charge in [0.1, 0.15) is 5.75 Å². The lowest BCUT2D eigenvalue weighted by atomic mass is 10.1. The number of benzene rings is 1. The van der Waals surface area contributed by atoms with Crippen LogP contribution in [0.3, 0.4) is 0 Å². The second-order valence-corrected chi connectivity index (χ2v) is 5.36. The van der Waals surface area contributed by atoms with E-state index in [9.17, 15) is 0 Å². The first-order chi connectivity index (χ1) is 9.69. The minimum absolute atomic E-state index is 0.670. The Labute approximate surface area is 120 Å². The maximum absolute atomic E-state index is 5.71. The molecule has 0 spiro atoms. The van der Waals surface area contributed by atoms with Crippen molar-refractivity contribution in [3.8, 4) is 17.0 Å². The highest BCUT2D eigenvalue weighted by molar-refractivity contribution is 5.60. The fourth-order valence-electron chi connectivity index (χ4n) is 1.92. The van der Waals surface area contributed by atoms with E-state index in [1.54, 1.807) is 0 Å². The molecule has 0 aliphatic rings. The van der Waals surface area contributed by atoms with Crippen molar-refractivity contribution in [2.75, 3.05) is 13.7 Å². The number of rotatable bonds is 7. The van der Waals surface area contributed by atoms with Crippen LogP contribution in [0.25, 0.3) is 11.3 Å². The highest BCUT2D eigenvalue weighted by atomic mass is 16.5. The van der Waals surface area contributed by atoms with Gasteiger partial charge in [-0.1, -0.05) is 13.8 Å². The van der Waals surface area contributed by atoms with Gasteiger partial charge < -0.3 is 10.1 Å². The standard InChI is InChI=1S/C16H23N3O/c1-12(2)8-9-20-15-6-4-13(5-7-15)16-10-14(11-17-3)18-19-16/h4-7,10,12,17H,8-9,11H2,1-3H3,(H,18,19). The summed E-state index contributed by atoms with van der Waals surface area (Å²) in [7, 11) is 1.92. The predicted octanol–water partition coefficient (Wildman–Crippen LogP) is 3.22. The van der Waals surface area contributed by atoms with Crippen LogP contribution >= 0.6 is 0 Å². The van der Waals surface area contributed by atoms with Gasteiger partial charge in [0.2, 0.25) is 0 Å². The van der Waals surface area contributed by atoms with Gasteiger partial charge in [-0.15, -0.1) is 0 Å². The highest BCUT2D eigenvalue weighted by Crippen LogP contribution is 2.21. The van der Waals surface area contributed by atoms with Crippen molar-refractivity contribution in [2.45, 2.75) is 26.8 Å². The van der Waals surface area contributed by atoms with Gasteiger partial charge in [0.25, 0.3) is 0 Å². The van der Waals surface area contributed by atoms with Gasteiger partial charge in [0, 0.05) is 17.8 Å². The lowest BCUT2D eigenvalue weighted by Gasteiger charge is -2.08. The molecule has 0 aliphatic carbocycles. The molecule has 0 aliphatic heterocycles. The quantitative estimate of drug-likeness (QED) is 0.814. The summed E-state index contributed by atoms with van der Waals surface area (Å²) in [5.74, 6) is 1.59. The predicted molar refractivity (Wildman–Crippen MR) is 81.7 cm³/mol. The Hall–Kier alpha value is -1.81. The fourth-order valence-corrected chi connectivity index (χ4v) is 1.92. The zero-order valence-corrected chi connectivity index (χ0v) is 12.4. The molecule has 4 nitrogen and oxygen atoms in total. The second kappa shape index (κ2) is 7.10. The molecule has 1 heterocycles. The molecule has 0 atom stereocenters. The number of aromatic amines is 1. The summed E-state index contributed by atoms with van der Waals surface area (Å²) >= 11 is 0. The molecule has 1 aromatic carbocycles. The maximum Gasteiger partial charge on any atom is 0.119 e. The van der Waals surface area contributed by atoms with Crippen molar-refractivity contribution in [3.05, 3.63) is 36.0 Å². The largest absolute Gasteiger partial charge is 0.494 e. The molecule has 2 aromatic rings. The van der Waals surface area contributed by atoms with Crippen LogP contribution in [-0.2, 0) is 6.54 Å². The number of hydrogen-bond donors (Lipinski definition) is 2. The normalized spacial score (nSPS) is 11.0. The van der Waals surface area contributed by atoms with E-state index < -0.39 is 0 Å². The third-order valence-corrected chi connectivity index (χ3v) is 3.11. The van der Waals surface area contributed by atoms with Gasteiger partial charge in [-0.3, -0.25) is 5.10 Å². The molecule has 0 radical (unpaired) electrons. The van der Waals surface area contributed by atoms with Crippen LogP contribution in [-0.4, -0.2) is 23.9 Å². The minimum atomic E-state index is 0.670. The maximum atomic E-state index is 5.71. The molecule has 108 valence electrons. The number of nitrogens with one attached hydrogen (secondary N) is 2. The van der Waals surface area contributed by atoms with E-state index in [-0.39, 0.29) is 0 Å². The highest BCUT2D eigenvalue weighted by Gasteiger charge is 2.04. The molecule has 1 aromatic heterocycles. The van der Waals surface area contributed by atoms with Gasteiger partial charge in [-0.05, 0) is 49.7 Å².